The Bertz CT molecular complexity index is 566. The number of aromatic hydroxyl groups is 1. The molecular weight excluding hydrogens is 254 g/mol. The van der Waals surface area contributed by atoms with Crippen molar-refractivity contribution in [2.24, 2.45) is 0 Å². The zero-order chi connectivity index (χ0) is 13.8. The first-order valence-electron chi connectivity index (χ1n) is 6.81. The lowest BCUT2D eigenvalue weighted by Crippen LogP contribution is -2.37. The van der Waals surface area contributed by atoms with Crippen LogP contribution in [0.2, 0.25) is 0 Å². The number of piperidine rings is 1. The highest BCUT2D eigenvalue weighted by Crippen LogP contribution is 2.26. The average molecular weight is 271 g/mol. The molecule has 2 heterocycles. The Morgan fingerprint density at radius 1 is 1.20 bits per heavy atom. The molecule has 0 saturated carbocycles. The summed E-state index contributed by atoms with van der Waals surface area (Å²) in [6, 6.07) is 7.02. The van der Waals surface area contributed by atoms with Gasteiger partial charge in [0.15, 0.2) is 11.6 Å². The van der Waals surface area contributed by atoms with Crippen LogP contribution in [0, 0.1) is 0 Å². The van der Waals surface area contributed by atoms with E-state index in [0.29, 0.717) is 17.1 Å². The molecular formula is C15H17N3O2. The van der Waals surface area contributed by atoms with E-state index in [2.05, 4.69) is 15.3 Å². The summed E-state index contributed by atoms with van der Waals surface area (Å²) in [6.45, 7) is 1.92. The topological polar surface area (TPSA) is 67.3 Å². The van der Waals surface area contributed by atoms with Crippen molar-refractivity contribution >= 4 is 0 Å². The van der Waals surface area contributed by atoms with Gasteiger partial charge in [0.1, 0.15) is 11.9 Å². The van der Waals surface area contributed by atoms with E-state index in [1.165, 1.54) is 0 Å². The molecule has 1 aliphatic rings. The molecule has 0 spiro atoms. The number of nitrogens with one attached hydrogen (secondary N) is 1. The van der Waals surface area contributed by atoms with E-state index in [9.17, 15) is 5.11 Å². The van der Waals surface area contributed by atoms with Gasteiger partial charge in [0.25, 0.3) is 0 Å². The smallest absolute Gasteiger partial charge is 0.163 e. The van der Waals surface area contributed by atoms with Crippen molar-refractivity contribution in [3.63, 3.8) is 0 Å². The highest BCUT2D eigenvalue weighted by molar-refractivity contribution is 5.63. The number of hydrogen-bond acceptors (Lipinski definition) is 5. The van der Waals surface area contributed by atoms with Crippen LogP contribution in [0.1, 0.15) is 12.8 Å². The minimum atomic E-state index is 0.178. The fourth-order valence-electron chi connectivity index (χ4n) is 2.29. The first-order chi connectivity index (χ1) is 9.83. The molecule has 104 valence electrons. The highest BCUT2D eigenvalue weighted by Gasteiger charge is 2.15. The zero-order valence-electron chi connectivity index (χ0n) is 11.1. The minimum Gasteiger partial charge on any atom is -0.507 e. The Labute approximate surface area is 117 Å². The van der Waals surface area contributed by atoms with Crippen molar-refractivity contribution in [3.8, 4) is 22.9 Å². The molecule has 20 heavy (non-hydrogen) atoms. The summed E-state index contributed by atoms with van der Waals surface area (Å²) in [6.07, 6.45) is 5.67. The summed E-state index contributed by atoms with van der Waals surface area (Å²) >= 11 is 0. The quantitative estimate of drug-likeness (QED) is 0.893. The number of phenolic OH excluding ortho intramolecular Hbond substituents is 1. The molecule has 2 aromatic rings. The molecule has 1 atom stereocenters. The van der Waals surface area contributed by atoms with Crippen LogP contribution in [-0.2, 0) is 0 Å². The zero-order valence-corrected chi connectivity index (χ0v) is 11.1. The maximum Gasteiger partial charge on any atom is 0.163 e. The molecule has 5 nitrogen and oxygen atoms in total. The van der Waals surface area contributed by atoms with E-state index < -0.39 is 0 Å². The predicted octanol–water partition coefficient (Wildman–Crippen LogP) is 1.98. The predicted molar refractivity (Wildman–Crippen MR) is 75.7 cm³/mol. The van der Waals surface area contributed by atoms with Gasteiger partial charge in [-0.05, 0) is 31.5 Å². The monoisotopic (exact) mass is 271 g/mol. The Morgan fingerprint density at radius 2 is 2.00 bits per heavy atom. The van der Waals surface area contributed by atoms with Crippen LogP contribution in [0.4, 0.5) is 0 Å². The van der Waals surface area contributed by atoms with Gasteiger partial charge >= 0.3 is 0 Å². The van der Waals surface area contributed by atoms with Crippen molar-refractivity contribution in [2.45, 2.75) is 18.9 Å². The van der Waals surface area contributed by atoms with Crippen LogP contribution in [-0.4, -0.2) is 34.3 Å². The van der Waals surface area contributed by atoms with Crippen LogP contribution < -0.4 is 10.1 Å². The van der Waals surface area contributed by atoms with Gasteiger partial charge in [0.05, 0.1) is 18.0 Å². The molecule has 3 rings (SSSR count). The molecule has 2 N–H and O–H groups in total. The van der Waals surface area contributed by atoms with Crippen molar-refractivity contribution in [3.05, 3.63) is 36.7 Å². The summed E-state index contributed by atoms with van der Waals surface area (Å²) in [7, 11) is 0. The van der Waals surface area contributed by atoms with Crippen LogP contribution in [0.3, 0.4) is 0 Å². The summed E-state index contributed by atoms with van der Waals surface area (Å²) in [5, 5.41) is 13.1. The number of nitrogens with zero attached hydrogens (tertiary/aromatic N) is 2. The van der Waals surface area contributed by atoms with E-state index >= 15 is 0 Å². The van der Waals surface area contributed by atoms with Gasteiger partial charge in [-0.3, -0.25) is 0 Å². The van der Waals surface area contributed by atoms with Gasteiger partial charge in [0.2, 0.25) is 0 Å². The number of rotatable bonds is 3. The van der Waals surface area contributed by atoms with Gasteiger partial charge in [-0.1, -0.05) is 12.1 Å². The third-order valence-corrected chi connectivity index (χ3v) is 3.33. The summed E-state index contributed by atoms with van der Waals surface area (Å²) in [5.41, 5.74) is 0.624. The summed E-state index contributed by atoms with van der Waals surface area (Å²) in [4.78, 5) is 8.52. The van der Waals surface area contributed by atoms with E-state index in [1.807, 2.05) is 6.07 Å². The number of phenols is 1. The highest BCUT2D eigenvalue weighted by atomic mass is 16.5. The maximum atomic E-state index is 9.77. The number of para-hydroxylation sites is 1. The van der Waals surface area contributed by atoms with Crippen molar-refractivity contribution < 1.29 is 9.84 Å². The maximum absolute atomic E-state index is 9.77. The molecule has 5 heteroatoms. The first-order valence-corrected chi connectivity index (χ1v) is 6.81. The van der Waals surface area contributed by atoms with E-state index in [-0.39, 0.29) is 11.9 Å². The van der Waals surface area contributed by atoms with Crippen LogP contribution in [0.5, 0.6) is 11.5 Å². The molecule has 1 aliphatic heterocycles. The van der Waals surface area contributed by atoms with E-state index in [1.54, 1.807) is 30.6 Å². The van der Waals surface area contributed by atoms with Crippen LogP contribution in [0.15, 0.2) is 36.7 Å². The number of hydrogen-bond donors (Lipinski definition) is 2. The molecule has 1 fully saturated rings. The Balaban J connectivity index is 1.73. The lowest BCUT2D eigenvalue weighted by atomic mass is 10.1. The second-order valence-corrected chi connectivity index (χ2v) is 4.85. The molecule has 1 aromatic heterocycles. The van der Waals surface area contributed by atoms with E-state index in [0.717, 1.165) is 25.9 Å². The summed E-state index contributed by atoms with van der Waals surface area (Å²) < 4.78 is 5.83. The lowest BCUT2D eigenvalue weighted by Gasteiger charge is -2.23. The second kappa shape index (κ2) is 5.88. The average Bonchev–Trinajstić information content (AvgIpc) is 2.50. The van der Waals surface area contributed by atoms with Crippen LogP contribution in [0.25, 0.3) is 11.4 Å². The lowest BCUT2D eigenvalue weighted by molar-refractivity contribution is 0.166. The van der Waals surface area contributed by atoms with Gasteiger partial charge < -0.3 is 15.2 Å². The van der Waals surface area contributed by atoms with E-state index in [4.69, 9.17) is 4.74 Å². The number of benzene rings is 1. The molecule has 0 radical (unpaired) electrons. The van der Waals surface area contributed by atoms with Gasteiger partial charge in [-0.2, -0.15) is 0 Å². The Hall–Kier alpha value is -2.14. The molecule has 1 aromatic carbocycles. The van der Waals surface area contributed by atoms with Gasteiger partial charge in [0, 0.05) is 6.54 Å². The second-order valence-electron chi connectivity index (χ2n) is 4.85. The van der Waals surface area contributed by atoms with Crippen molar-refractivity contribution in [2.75, 3.05) is 13.1 Å². The molecule has 1 unspecified atom stereocenters. The largest absolute Gasteiger partial charge is 0.507 e. The SMILES string of the molecule is Oc1ccccc1-c1ncc(OC2CCCNC2)cn1. The number of ether oxygens (including phenoxy) is 1. The fraction of sp³-hybridized carbons (Fsp3) is 0.333. The Kier molecular flexibility index (Phi) is 3.78. The van der Waals surface area contributed by atoms with Crippen molar-refractivity contribution in [1.82, 2.24) is 15.3 Å². The molecule has 0 bridgehead atoms. The normalized spacial score (nSPS) is 18.7. The van der Waals surface area contributed by atoms with Gasteiger partial charge in [-0.25, -0.2) is 9.97 Å². The third kappa shape index (κ3) is 2.88. The Morgan fingerprint density at radius 3 is 2.70 bits per heavy atom. The molecule has 0 amide bonds. The standard InChI is InChI=1S/C15H17N3O2/c19-14-6-2-1-5-13(14)15-17-9-12(10-18-15)20-11-4-3-7-16-8-11/h1-2,5-6,9-11,16,19H,3-4,7-8H2. The summed E-state index contributed by atoms with van der Waals surface area (Å²) in [5.74, 6) is 1.34. The first kappa shape index (κ1) is 12.9. The van der Waals surface area contributed by atoms with Crippen molar-refractivity contribution in [1.29, 1.82) is 0 Å². The minimum absolute atomic E-state index is 0.178. The fourth-order valence-corrected chi connectivity index (χ4v) is 2.29. The third-order valence-electron chi connectivity index (χ3n) is 3.33. The number of aromatic nitrogens is 2. The molecule has 1 saturated heterocycles. The van der Waals surface area contributed by atoms with Crippen LogP contribution >= 0.6 is 0 Å². The van der Waals surface area contributed by atoms with Gasteiger partial charge in [-0.15, -0.1) is 0 Å². The molecule has 0 aliphatic carbocycles.